The fraction of sp³-hybridized carbons (Fsp3) is 0.211. The van der Waals surface area contributed by atoms with Crippen LogP contribution in [0, 0.1) is 0 Å². The minimum atomic E-state index is -0.997. The second-order valence-corrected chi connectivity index (χ2v) is 8.23. The van der Waals surface area contributed by atoms with E-state index >= 15 is 0 Å². The van der Waals surface area contributed by atoms with Crippen LogP contribution < -0.4 is 5.32 Å². The number of benzene rings is 1. The molecule has 3 aromatic rings. The second-order valence-electron chi connectivity index (χ2n) is 6.15. The average Bonchev–Trinajstić information content (AvgIpc) is 3.20. The summed E-state index contributed by atoms with van der Waals surface area (Å²) in [4.78, 5) is 29.3. The number of aromatic nitrogens is 2. The first-order chi connectivity index (χ1) is 13.8. The smallest absolute Gasteiger partial charge is 0.331 e. The molecule has 0 bridgehead atoms. The zero-order valence-electron chi connectivity index (χ0n) is 15.4. The van der Waals surface area contributed by atoms with Crippen LogP contribution in [0.15, 0.2) is 35.9 Å². The van der Waals surface area contributed by atoms with E-state index in [1.165, 1.54) is 30.4 Å². The first-order valence-corrected chi connectivity index (χ1v) is 10.5. The number of carbonyl (C=O) groups is 2. The summed E-state index contributed by atoms with van der Waals surface area (Å²) in [5.74, 6) is -1.13. The van der Waals surface area contributed by atoms with Crippen molar-refractivity contribution >= 4 is 69.1 Å². The number of fused-ring (bicyclic) bond motifs is 1. The van der Waals surface area contributed by atoms with Crippen LogP contribution in [0.1, 0.15) is 31.1 Å². The Hall–Kier alpha value is -2.06. The summed E-state index contributed by atoms with van der Waals surface area (Å²) in [6.07, 6.45) is 3.50. The van der Waals surface area contributed by atoms with Gasteiger partial charge in [0.1, 0.15) is 0 Å². The van der Waals surface area contributed by atoms with Gasteiger partial charge < -0.3 is 10.1 Å². The van der Waals surface area contributed by atoms with Crippen molar-refractivity contribution in [2.45, 2.75) is 26.0 Å². The fourth-order valence-corrected chi connectivity index (χ4v) is 4.18. The highest BCUT2D eigenvalue weighted by Crippen LogP contribution is 2.26. The summed E-state index contributed by atoms with van der Waals surface area (Å²) in [6, 6.07) is 4.63. The van der Waals surface area contributed by atoms with Crippen molar-refractivity contribution in [2.24, 2.45) is 0 Å². The van der Waals surface area contributed by atoms with E-state index in [0.29, 0.717) is 26.3 Å². The maximum Gasteiger partial charge on any atom is 0.331 e. The van der Waals surface area contributed by atoms with Crippen molar-refractivity contribution in [3.8, 4) is 0 Å². The number of nitrogens with zero attached hydrogens (tertiary/aromatic N) is 2. The third kappa shape index (κ3) is 5.11. The van der Waals surface area contributed by atoms with Crippen LogP contribution in [-0.4, -0.2) is 27.4 Å². The maximum atomic E-state index is 12.4. The van der Waals surface area contributed by atoms with E-state index in [-0.39, 0.29) is 11.2 Å². The standard InChI is InChI=1S/C19H16Cl3N3O3S/c1-10(13-4-3-12(20)9-14(13)21)23-18(27)11(2)28-16(26)6-5-15-17(22)24-19-25(15)7-8-29-19/h3-11H,1-2H3,(H,23,27)/b6-5-/t10-,11-/m0/s1. The third-order valence-corrected chi connectivity index (χ3v) is 5.68. The molecule has 0 aliphatic carbocycles. The molecule has 152 valence electrons. The van der Waals surface area contributed by atoms with Crippen LogP contribution in [0.3, 0.4) is 0 Å². The summed E-state index contributed by atoms with van der Waals surface area (Å²) >= 11 is 19.5. The van der Waals surface area contributed by atoms with Crippen molar-refractivity contribution in [1.29, 1.82) is 0 Å². The van der Waals surface area contributed by atoms with E-state index < -0.39 is 18.0 Å². The van der Waals surface area contributed by atoms with Crippen LogP contribution in [0.4, 0.5) is 0 Å². The van der Waals surface area contributed by atoms with E-state index in [1.807, 2.05) is 5.38 Å². The molecule has 29 heavy (non-hydrogen) atoms. The van der Waals surface area contributed by atoms with E-state index in [9.17, 15) is 9.59 Å². The maximum absolute atomic E-state index is 12.4. The van der Waals surface area contributed by atoms with Gasteiger partial charge in [-0.3, -0.25) is 9.20 Å². The number of imidazole rings is 1. The molecule has 6 nitrogen and oxygen atoms in total. The highest BCUT2D eigenvalue weighted by atomic mass is 35.5. The predicted molar refractivity (Wildman–Crippen MR) is 116 cm³/mol. The van der Waals surface area contributed by atoms with E-state index in [4.69, 9.17) is 39.5 Å². The number of ether oxygens (including phenoxy) is 1. The van der Waals surface area contributed by atoms with Gasteiger partial charge in [0.2, 0.25) is 0 Å². The van der Waals surface area contributed by atoms with Crippen LogP contribution >= 0.6 is 46.1 Å². The quantitative estimate of drug-likeness (QED) is 0.396. The van der Waals surface area contributed by atoms with Gasteiger partial charge in [-0.15, -0.1) is 11.3 Å². The number of esters is 1. The van der Waals surface area contributed by atoms with Gasteiger partial charge in [-0.2, -0.15) is 0 Å². The van der Waals surface area contributed by atoms with Crippen LogP contribution in [0.2, 0.25) is 15.2 Å². The van der Waals surface area contributed by atoms with Crippen molar-refractivity contribution < 1.29 is 14.3 Å². The second kappa shape index (κ2) is 9.17. The molecule has 1 aromatic carbocycles. The van der Waals surface area contributed by atoms with Gasteiger partial charge in [0.05, 0.1) is 11.7 Å². The number of hydrogen-bond acceptors (Lipinski definition) is 5. The SMILES string of the molecule is C[C@H](OC(=O)/C=C\c1c(Cl)nc2sccn12)C(=O)N[C@@H](C)c1ccc(Cl)cc1Cl. The topological polar surface area (TPSA) is 72.7 Å². The van der Waals surface area contributed by atoms with E-state index in [1.54, 1.807) is 35.7 Å². The van der Waals surface area contributed by atoms with Crippen molar-refractivity contribution in [3.63, 3.8) is 0 Å². The molecule has 10 heteroatoms. The van der Waals surface area contributed by atoms with E-state index in [0.717, 1.165) is 0 Å². The molecule has 2 atom stereocenters. The Kier molecular flexibility index (Phi) is 6.85. The lowest BCUT2D eigenvalue weighted by atomic mass is 10.1. The molecule has 1 N–H and O–H groups in total. The molecular weight excluding hydrogens is 457 g/mol. The molecule has 0 aliphatic heterocycles. The summed E-state index contributed by atoms with van der Waals surface area (Å²) in [6.45, 7) is 3.26. The summed E-state index contributed by atoms with van der Waals surface area (Å²) in [5, 5.41) is 5.84. The molecule has 0 spiro atoms. The van der Waals surface area contributed by atoms with Crippen LogP contribution in [0.25, 0.3) is 11.0 Å². The zero-order valence-corrected chi connectivity index (χ0v) is 18.4. The first-order valence-electron chi connectivity index (χ1n) is 8.51. The molecule has 2 heterocycles. The third-order valence-electron chi connectivity index (χ3n) is 4.08. The molecule has 0 unspecified atom stereocenters. The summed E-state index contributed by atoms with van der Waals surface area (Å²) in [7, 11) is 0. The fourth-order valence-electron chi connectivity index (χ4n) is 2.60. The summed E-state index contributed by atoms with van der Waals surface area (Å²) < 4.78 is 6.92. The minimum absolute atomic E-state index is 0.278. The predicted octanol–water partition coefficient (Wildman–Crippen LogP) is 5.18. The minimum Gasteiger partial charge on any atom is -0.449 e. The average molecular weight is 473 g/mol. The zero-order chi connectivity index (χ0) is 21.1. The largest absolute Gasteiger partial charge is 0.449 e. The number of carbonyl (C=O) groups excluding carboxylic acids is 2. The summed E-state index contributed by atoms with van der Waals surface area (Å²) in [5.41, 5.74) is 1.26. The van der Waals surface area contributed by atoms with Crippen LogP contribution in [0.5, 0.6) is 0 Å². The molecule has 2 aromatic heterocycles. The highest BCUT2D eigenvalue weighted by Gasteiger charge is 2.20. The molecule has 1 amide bonds. The van der Waals surface area contributed by atoms with Crippen molar-refractivity contribution in [1.82, 2.24) is 14.7 Å². The van der Waals surface area contributed by atoms with Crippen LogP contribution in [-0.2, 0) is 14.3 Å². The van der Waals surface area contributed by atoms with Crippen molar-refractivity contribution in [3.05, 3.63) is 62.3 Å². The Morgan fingerprint density at radius 2 is 2.03 bits per heavy atom. The highest BCUT2D eigenvalue weighted by molar-refractivity contribution is 7.15. The van der Waals surface area contributed by atoms with Gasteiger partial charge in [-0.05, 0) is 37.6 Å². The Balaban J connectivity index is 1.59. The van der Waals surface area contributed by atoms with Gasteiger partial charge in [0.15, 0.2) is 16.2 Å². The number of nitrogens with one attached hydrogen (secondary N) is 1. The first kappa shape index (κ1) is 21.6. The molecule has 0 aliphatic rings. The molecule has 0 saturated heterocycles. The number of rotatable bonds is 6. The molecule has 0 saturated carbocycles. The lowest BCUT2D eigenvalue weighted by Gasteiger charge is -2.19. The molecule has 0 fully saturated rings. The van der Waals surface area contributed by atoms with Gasteiger partial charge in [-0.1, -0.05) is 40.9 Å². The normalized spacial score (nSPS) is 13.6. The lowest BCUT2D eigenvalue weighted by molar-refractivity contribution is -0.150. The Bertz CT molecular complexity index is 1090. The van der Waals surface area contributed by atoms with Gasteiger partial charge >= 0.3 is 5.97 Å². The molecular formula is C19H16Cl3N3O3S. The van der Waals surface area contributed by atoms with Gasteiger partial charge in [-0.25, -0.2) is 9.78 Å². The van der Waals surface area contributed by atoms with E-state index in [2.05, 4.69) is 10.3 Å². The monoisotopic (exact) mass is 471 g/mol. The number of amides is 1. The number of hydrogen-bond donors (Lipinski definition) is 1. The Morgan fingerprint density at radius 3 is 2.76 bits per heavy atom. The number of halogens is 3. The Morgan fingerprint density at radius 1 is 1.28 bits per heavy atom. The Labute approximate surface area is 186 Å². The van der Waals surface area contributed by atoms with Gasteiger partial charge in [0, 0.05) is 27.7 Å². The van der Waals surface area contributed by atoms with Crippen molar-refractivity contribution in [2.75, 3.05) is 0 Å². The number of thiazole rings is 1. The molecule has 3 rings (SSSR count). The molecule has 0 radical (unpaired) electrons. The lowest BCUT2D eigenvalue weighted by Crippen LogP contribution is -2.37. The van der Waals surface area contributed by atoms with Gasteiger partial charge in [0.25, 0.3) is 5.91 Å².